The first kappa shape index (κ1) is 95.6. The minimum atomic E-state index is -1.03. The summed E-state index contributed by atoms with van der Waals surface area (Å²) in [5, 5.41) is 65.3. The van der Waals surface area contributed by atoms with E-state index in [0.717, 1.165) is 72.3 Å². The van der Waals surface area contributed by atoms with Gasteiger partial charge < -0.3 is 85.8 Å². The van der Waals surface area contributed by atoms with Crippen LogP contribution in [0.2, 0.25) is 0 Å². The summed E-state index contributed by atoms with van der Waals surface area (Å²) in [7, 11) is 22.1. The molecule has 5 aliphatic carbocycles. The number of anilines is 2. The Morgan fingerprint density at radius 2 is 1.15 bits per heavy atom. The summed E-state index contributed by atoms with van der Waals surface area (Å²) in [6, 6.07) is 30.5. The molecular weight excluding hydrogens is 1500 g/mol. The zero-order valence-electron chi connectivity index (χ0n) is 72.8. The SMILES string of the molecule is C.CO[C@H](c1ccccc1)[C@H](N)CN(C)C.COc1c(CN2O[C@@H](CO)[C@@H]([C@H](C)O)[C@H]2C(=O)N[C@H]2C[C@H](C(C)C)CC[C@@H]2C)cccc1-c1cc(C(=O)O)cc(N(C)C)c1.COc1c(CN2O[C@@H](CO)[C@@H]([C@H](C)O)[C@H]2C(=O)N[C@H]2C[C@H]3C[C@@H]([C@@H]2C)C3(C)C)cccc1-c1cc(C(=O)N[C@H](CN(C)C)[C@H](OC)C2C=CC=CC2)cc(N(C)C)c1. The number of likely N-dealkylation sites (N-methyl/N-ethyl adjacent to an activating group) is 2. The van der Waals surface area contributed by atoms with Crippen molar-refractivity contribution in [1.82, 2.24) is 35.9 Å². The quantitative estimate of drug-likeness (QED) is 0.0193. The molecule has 3 amide bonds. The fourth-order valence-corrected chi connectivity index (χ4v) is 18.9. The van der Waals surface area contributed by atoms with Crippen molar-refractivity contribution in [1.29, 1.82) is 0 Å². The highest BCUT2D eigenvalue weighted by molar-refractivity contribution is 5.97. The summed E-state index contributed by atoms with van der Waals surface area (Å²) in [5.74, 6) is 1.06. The lowest BCUT2D eigenvalue weighted by Crippen LogP contribution is -2.62. The fraction of sp³-hybridized carbons (Fsp3) is 0.591. The van der Waals surface area contributed by atoms with Gasteiger partial charge in [0.25, 0.3) is 5.91 Å². The molecule has 25 nitrogen and oxygen atoms in total. The number of hydrogen-bond donors (Lipinski definition) is 9. The van der Waals surface area contributed by atoms with E-state index < -0.39 is 54.3 Å². The number of carbonyl (C=O) groups is 4. The van der Waals surface area contributed by atoms with Crippen LogP contribution in [0.4, 0.5) is 11.4 Å². The van der Waals surface area contributed by atoms with E-state index in [1.54, 1.807) is 64.5 Å². The molecule has 0 radical (unpaired) electrons. The molecule has 0 aromatic heterocycles. The van der Waals surface area contributed by atoms with Crippen LogP contribution in [0.25, 0.3) is 22.3 Å². The number of para-hydroxylation sites is 2. The number of aliphatic hydroxyl groups excluding tert-OH is 4. The van der Waals surface area contributed by atoms with Gasteiger partial charge in [0.1, 0.15) is 35.8 Å². The van der Waals surface area contributed by atoms with E-state index >= 15 is 0 Å². The van der Waals surface area contributed by atoms with Crippen molar-refractivity contribution in [2.24, 2.45) is 64.4 Å². The van der Waals surface area contributed by atoms with Gasteiger partial charge in [-0.15, -0.1) is 0 Å². The lowest BCUT2D eigenvalue weighted by Gasteiger charge is -2.62. The van der Waals surface area contributed by atoms with Crippen molar-refractivity contribution in [3.05, 3.63) is 155 Å². The molecular formula is C93H140N10O15. The molecule has 2 saturated heterocycles. The number of carboxylic acids is 1. The number of nitrogens with two attached hydrogens (primary N) is 1. The lowest BCUT2D eigenvalue weighted by atomic mass is 9.45. The predicted octanol–water partition coefficient (Wildman–Crippen LogP) is 11.0. The summed E-state index contributed by atoms with van der Waals surface area (Å²) in [5.41, 5.74) is 14.1. The Bertz CT molecular complexity index is 4140. The Morgan fingerprint density at radius 1 is 0.636 bits per heavy atom. The van der Waals surface area contributed by atoms with Crippen LogP contribution in [0.5, 0.6) is 11.5 Å². The van der Waals surface area contributed by atoms with Gasteiger partial charge in [0.05, 0.1) is 76.5 Å². The number of fused-ring (bicyclic) bond motifs is 2. The predicted molar refractivity (Wildman–Crippen MR) is 466 cm³/mol. The minimum Gasteiger partial charge on any atom is -0.496 e. The van der Waals surface area contributed by atoms with Crippen LogP contribution in [-0.4, -0.2) is 247 Å². The molecule has 25 heteroatoms. The molecule has 10 N–H and O–H groups in total. The second-order valence-corrected chi connectivity index (χ2v) is 35.2. The van der Waals surface area contributed by atoms with Gasteiger partial charge >= 0.3 is 5.97 Å². The molecule has 652 valence electrons. The molecule has 0 spiro atoms. The molecule has 2 bridgehead atoms. The zero-order valence-corrected chi connectivity index (χ0v) is 72.8. The zero-order chi connectivity index (χ0) is 85.6. The van der Waals surface area contributed by atoms with Crippen LogP contribution in [-0.2, 0) is 41.8 Å². The number of nitrogens with zero attached hydrogens (tertiary/aromatic N) is 6. The number of ether oxygens (including phenoxy) is 4. The number of hydroxylamine groups is 4. The molecule has 20 atom stereocenters. The van der Waals surface area contributed by atoms with Gasteiger partial charge in [-0.3, -0.25) is 24.1 Å². The van der Waals surface area contributed by atoms with Crippen LogP contribution in [0.1, 0.15) is 145 Å². The summed E-state index contributed by atoms with van der Waals surface area (Å²) in [4.78, 5) is 74.9. The fourth-order valence-electron chi connectivity index (χ4n) is 18.9. The minimum absolute atomic E-state index is 0. The van der Waals surface area contributed by atoms with E-state index in [-0.39, 0.29) is 105 Å². The van der Waals surface area contributed by atoms with E-state index in [0.29, 0.717) is 75.8 Å². The summed E-state index contributed by atoms with van der Waals surface area (Å²) >= 11 is 0. The van der Waals surface area contributed by atoms with Gasteiger partial charge in [-0.25, -0.2) is 4.79 Å². The molecule has 4 saturated carbocycles. The smallest absolute Gasteiger partial charge is 0.335 e. The van der Waals surface area contributed by atoms with Crippen molar-refractivity contribution in [2.45, 2.75) is 187 Å². The highest BCUT2D eigenvalue weighted by Crippen LogP contribution is 2.61. The Morgan fingerprint density at radius 3 is 1.58 bits per heavy atom. The monoisotopic (exact) mass is 1640 g/mol. The van der Waals surface area contributed by atoms with Crippen LogP contribution < -0.4 is 41.0 Å². The number of allylic oxidation sites excluding steroid dienone is 3. The number of methoxy groups -OCH3 is 4. The van der Waals surface area contributed by atoms with Gasteiger partial charge in [0.15, 0.2) is 0 Å². The standard InChI is InChI=1S/C46H67N5O7.C34H49N3O7.C12H20N2O.CH4/c1-27-36-22-33(46(36,3)4)23-37(27)47-45(55)41-40(28(2)53)39(26-52)58-51(41)24-30-17-14-18-35(42(30)56-9)31-19-32(21-34(20-31)50(7)8)44(54)48-38(25-49(5)6)43(57-10)29-15-12-11-13-16-29;1-19(2)22-12-11-20(3)28(16-22)35-33(40)31-30(21(4)39)29(18-38)44-37(31)17-23-9-8-10-27(32(23)43-7)24-13-25(34(41)42)15-26(14-24)36(5)6;1-14(2)9-11(13)12(15-3)10-7-5-4-6-8-10;/h11-15,17-21,27-29,33,36-41,43,52-53H,16,22-26H2,1-10H3,(H,47,55)(H,48,54);8-10,13-15,19-22,28-31,38-39H,11-12,16-18H2,1-7H3,(H,35,40)(H,41,42);4-8,11-12H,9,13H2,1-3H3;1H4/t27-,28-,29?,33+,36-,37-,38+,39-,40+,41-,43+;20-,21-,22+,28-,29-,30+,31-;11-,12-;/m001./s1. The molecule has 118 heavy (non-hydrogen) atoms. The molecule has 5 aromatic rings. The molecule has 5 aromatic carbocycles. The molecule has 6 fully saturated rings. The Hall–Kier alpha value is -7.86. The van der Waals surface area contributed by atoms with E-state index in [9.17, 15) is 44.7 Å². The topological polar surface area (TPSA) is 306 Å². The van der Waals surface area contributed by atoms with Gasteiger partial charge in [0.2, 0.25) is 11.8 Å². The Balaban J connectivity index is 0.000000254. The van der Waals surface area contributed by atoms with Gasteiger partial charge in [0, 0.05) is 131 Å². The first-order chi connectivity index (χ1) is 55.6. The normalized spacial score (nSPS) is 26.1. The van der Waals surface area contributed by atoms with E-state index in [4.69, 9.17) is 34.4 Å². The highest BCUT2D eigenvalue weighted by Gasteiger charge is 2.58. The number of hydrogen-bond acceptors (Lipinski definition) is 21. The Kier molecular flexibility index (Phi) is 34.9. The van der Waals surface area contributed by atoms with Gasteiger partial charge in [-0.05, 0) is 175 Å². The number of carbonyl (C=O) groups excluding carboxylic acids is 3. The average molecular weight is 1640 g/mol. The summed E-state index contributed by atoms with van der Waals surface area (Å²) in [6.45, 7) is 17.8. The number of aliphatic hydroxyl groups is 4. The molecule has 1 unspecified atom stereocenters. The number of nitrogens with one attached hydrogen (secondary N) is 3. The first-order valence-corrected chi connectivity index (χ1v) is 41.7. The highest BCUT2D eigenvalue weighted by atomic mass is 16.7. The van der Waals surface area contributed by atoms with Crippen LogP contribution in [0, 0.1) is 58.7 Å². The van der Waals surface area contributed by atoms with Crippen molar-refractivity contribution < 1.29 is 73.3 Å². The first-order valence-electron chi connectivity index (χ1n) is 41.7. The maximum atomic E-state index is 14.3. The summed E-state index contributed by atoms with van der Waals surface area (Å²) in [6.07, 6.45) is 10.8. The van der Waals surface area contributed by atoms with Crippen molar-refractivity contribution >= 4 is 35.1 Å². The van der Waals surface area contributed by atoms with Crippen molar-refractivity contribution in [3.63, 3.8) is 0 Å². The molecule has 2 heterocycles. The summed E-state index contributed by atoms with van der Waals surface area (Å²) < 4.78 is 23.5. The number of rotatable bonds is 32. The third-order valence-corrected chi connectivity index (χ3v) is 25.5. The Labute approximate surface area is 702 Å². The maximum Gasteiger partial charge on any atom is 0.335 e. The van der Waals surface area contributed by atoms with Crippen LogP contribution >= 0.6 is 0 Å². The number of carboxylic acid groups (broad SMARTS) is 1. The molecule has 2 aliphatic heterocycles. The van der Waals surface area contributed by atoms with Gasteiger partial charge in [-0.1, -0.05) is 140 Å². The lowest BCUT2D eigenvalue weighted by molar-refractivity contribution is -0.183. The van der Waals surface area contributed by atoms with E-state index in [1.807, 2.05) is 169 Å². The number of aromatic carboxylic acids is 1. The second kappa shape index (κ2) is 43.1. The molecule has 12 rings (SSSR count). The largest absolute Gasteiger partial charge is 0.496 e. The number of amides is 3. The third-order valence-electron chi connectivity index (χ3n) is 25.5. The van der Waals surface area contributed by atoms with Gasteiger partial charge in [-0.2, -0.15) is 10.1 Å². The number of benzene rings is 5. The van der Waals surface area contributed by atoms with Crippen molar-refractivity contribution in [2.75, 3.05) is 121 Å². The van der Waals surface area contributed by atoms with E-state index in [1.165, 1.54) is 6.42 Å². The van der Waals surface area contributed by atoms with Crippen LogP contribution in [0.3, 0.4) is 0 Å². The van der Waals surface area contributed by atoms with E-state index in [2.05, 4.69) is 79.4 Å². The third kappa shape index (κ3) is 22.8. The average Bonchev–Trinajstić information content (AvgIpc) is 0.855. The molecule has 7 aliphatic rings. The maximum absolute atomic E-state index is 14.3. The van der Waals surface area contributed by atoms with Crippen molar-refractivity contribution in [3.8, 4) is 33.8 Å². The van der Waals surface area contributed by atoms with Crippen LogP contribution in [0.15, 0.2) is 127 Å². The second-order valence-electron chi connectivity index (χ2n) is 35.2.